The molecule has 1 unspecified atom stereocenters. The molecule has 0 saturated heterocycles. The van der Waals surface area contributed by atoms with Crippen LogP contribution in [0.5, 0.6) is 0 Å². The summed E-state index contributed by atoms with van der Waals surface area (Å²) in [6.45, 7) is 2.69. The molecule has 20 heavy (non-hydrogen) atoms. The second-order valence-electron chi connectivity index (χ2n) is 4.92. The Morgan fingerprint density at radius 2 is 2.20 bits per heavy atom. The van der Waals surface area contributed by atoms with Crippen LogP contribution < -0.4 is 0 Å². The van der Waals surface area contributed by atoms with Crippen LogP contribution in [0, 0.1) is 0 Å². The van der Waals surface area contributed by atoms with Crippen LogP contribution in [0.15, 0.2) is 34.1 Å². The number of aliphatic hydroxyl groups excluding tert-OH is 1. The zero-order valence-corrected chi connectivity index (χ0v) is 12.7. The molecule has 0 amide bonds. The molecule has 0 aliphatic carbocycles. The van der Waals surface area contributed by atoms with E-state index >= 15 is 0 Å². The van der Waals surface area contributed by atoms with Gasteiger partial charge in [-0.2, -0.15) is 0 Å². The van der Waals surface area contributed by atoms with Crippen LogP contribution >= 0.6 is 23.1 Å². The van der Waals surface area contributed by atoms with E-state index in [1.165, 1.54) is 22.5 Å². The summed E-state index contributed by atoms with van der Waals surface area (Å²) in [5, 5.41) is 17.9. The lowest BCUT2D eigenvalue weighted by atomic mass is 10.00. The summed E-state index contributed by atoms with van der Waals surface area (Å²) >= 11 is 3.10. The Labute approximate surface area is 126 Å². The molecule has 1 aromatic heterocycles. The largest absolute Gasteiger partial charge is 0.391 e. The van der Waals surface area contributed by atoms with Crippen molar-refractivity contribution in [3.63, 3.8) is 0 Å². The van der Waals surface area contributed by atoms with Crippen molar-refractivity contribution in [2.24, 2.45) is 0 Å². The van der Waals surface area contributed by atoms with Gasteiger partial charge in [-0.15, -0.1) is 10.2 Å². The maximum absolute atomic E-state index is 10.1. The van der Waals surface area contributed by atoms with Crippen LogP contribution in [0.25, 0.3) is 0 Å². The number of fused-ring (bicyclic) bond motifs is 1. The van der Waals surface area contributed by atoms with Gasteiger partial charge in [-0.05, 0) is 17.5 Å². The smallest absolute Gasteiger partial charge is 0.174 e. The number of β-amino-alcohol motifs (C(OH)–C–C–N with tert-alkyl or cyclic N) is 1. The molecule has 0 spiro atoms. The van der Waals surface area contributed by atoms with Crippen LogP contribution in [0.2, 0.25) is 0 Å². The normalized spacial score (nSPS) is 16.9. The summed E-state index contributed by atoms with van der Waals surface area (Å²) in [6.07, 6.45) is 0.751. The molecule has 106 valence electrons. The first-order valence-corrected chi connectivity index (χ1v) is 8.54. The Bertz CT molecular complexity index is 547. The summed E-state index contributed by atoms with van der Waals surface area (Å²) in [6, 6.07) is 8.57. The van der Waals surface area contributed by atoms with Crippen LogP contribution in [-0.4, -0.2) is 45.2 Å². The van der Waals surface area contributed by atoms with Crippen molar-refractivity contribution >= 4 is 23.1 Å². The molecular weight excluding hydrogens is 290 g/mol. The fraction of sp³-hybridized carbons (Fsp3) is 0.429. The number of hydrogen-bond donors (Lipinski definition) is 1. The van der Waals surface area contributed by atoms with Gasteiger partial charge in [0.1, 0.15) is 5.51 Å². The third-order valence-electron chi connectivity index (χ3n) is 3.42. The molecule has 0 saturated carbocycles. The standard InChI is InChI=1S/C14H17N3OS2/c18-13(9-19-14-16-15-10-20-14)8-17-6-5-11-3-1-2-4-12(11)7-17/h1-4,10,13,18H,5-9H2. The second kappa shape index (κ2) is 6.67. The van der Waals surface area contributed by atoms with Crippen LogP contribution in [-0.2, 0) is 13.0 Å². The predicted octanol–water partition coefficient (Wildman–Crippen LogP) is 2.05. The van der Waals surface area contributed by atoms with Crippen LogP contribution in [0.4, 0.5) is 0 Å². The monoisotopic (exact) mass is 307 g/mol. The van der Waals surface area contributed by atoms with E-state index in [0.717, 1.165) is 30.4 Å². The lowest BCUT2D eigenvalue weighted by Gasteiger charge is -2.30. The number of thioether (sulfide) groups is 1. The first-order chi connectivity index (χ1) is 9.81. The number of rotatable bonds is 5. The first-order valence-electron chi connectivity index (χ1n) is 6.67. The summed E-state index contributed by atoms with van der Waals surface area (Å²) in [7, 11) is 0. The fourth-order valence-electron chi connectivity index (χ4n) is 2.45. The Hall–Kier alpha value is -0.950. The molecule has 0 bridgehead atoms. The van der Waals surface area contributed by atoms with Gasteiger partial charge in [0.05, 0.1) is 6.10 Å². The van der Waals surface area contributed by atoms with Gasteiger partial charge in [-0.25, -0.2) is 0 Å². The Balaban J connectivity index is 1.49. The maximum atomic E-state index is 10.1. The molecule has 2 heterocycles. The van der Waals surface area contributed by atoms with Crippen molar-refractivity contribution < 1.29 is 5.11 Å². The fourth-order valence-corrected chi connectivity index (χ4v) is 3.88. The Morgan fingerprint density at radius 1 is 1.35 bits per heavy atom. The highest BCUT2D eigenvalue weighted by Gasteiger charge is 2.18. The minimum absolute atomic E-state index is 0.325. The minimum atomic E-state index is -0.325. The zero-order valence-electron chi connectivity index (χ0n) is 11.1. The number of aliphatic hydroxyl groups is 1. The van der Waals surface area contributed by atoms with Crippen molar-refractivity contribution in [2.45, 2.75) is 23.4 Å². The van der Waals surface area contributed by atoms with E-state index in [1.54, 1.807) is 17.3 Å². The third kappa shape index (κ3) is 3.58. The highest BCUT2D eigenvalue weighted by atomic mass is 32.2. The molecule has 0 radical (unpaired) electrons. The van der Waals surface area contributed by atoms with Gasteiger partial charge < -0.3 is 5.11 Å². The summed E-state index contributed by atoms with van der Waals surface area (Å²) < 4.78 is 0.924. The number of nitrogens with zero attached hydrogens (tertiary/aromatic N) is 3. The van der Waals surface area contributed by atoms with Crippen LogP contribution in [0.1, 0.15) is 11.1 Å². The summed E-state index contributed by atoms with van der Waals surface area (Å²) in [4.78, 5) is 2.33. The third-order valence-corrected chi connectivity index (χ3v) is 5.42. The van der Waals surface area contributed by atoms with Gasteiger partial charge in [0.25, 0.3) is 0 Å². The maximum Gasteiger partial charge on any atom is 0.174 e. The zero-order chi connectivity index (χ0) is 13.8. The highest BCUT2D eigenvalue weighted by molar-refractivity contribution is 8.01. The molecular formula is C14H17N3OS2. The van der Waals surface area contributed by atoms with Gasteiger partial charge >= 0.3 is 0 Å². The van der Waals surface area contributed by atoms with E-state index in [1.807, 2.05) is 0 Å². The molecule has 1 aromatic carbocycles. The number of hydrogen-bond acceptors (Lipinski definition) is 6. The van der Waals surface area contributed by atoms with Gasteiger partial charge in [0.15, 0.2) is 4.34 Å². The average Bonchev–Trinajstić information content (AvgIpc) is 2.98. The quantitative estimate of drug-likeness (QED) is 0.857. The van der Waals surface area contributed by atoms with Crippen molar-refractivity contribution in [3.05, 3.63) is 40.9 Å². The van der Waals surface area contributed by atoms with E-state index in [2.05, 4.69) is 39.4 Å². The minimum Gasteiger partial charge on any atom is -0.391 e. The number of aromatic nitrogens is 2. The van der Waals surface area contributed by atoms with Crippen molar-refractivity contribution in [1.82, 2.24) is 15.1 Å². The Kier molecular flexibility index (Phi) is 4.67. The summed E-state index contributed by atoms with van der Waals surface area (Å²) in [5.41, 5.74) is 4.56. The topological polar surface area (TPSA) is 49.3 Å². The molecule has 6 heteroatoms. The van der Waals surface area contributed by atoms with E-state index in [0.29, 0.717) is 5.75 Å². The Morgan fingerprint density at radius 3 is 3.00 bits per heavy atom. The first kappa shape index (κ1) is 14.0. The van der Waals surface area contributed by atoms with Gasteiger partial charge in [-0.3, -0.25) is 4.90 Å². The van der Waals surface area contributed by atoms with Crippen LogP contribution in [0.3, 0.4) is 0 Å². The molecule has 3 rings (SSSR count). The van der Waals surface area contributed by atoms with E-state index in [-0.39, 0.29) is 6.10 Å². The molecule has 2 aromatic rings. The molecule has 1 aliphatic heterocycles. The van der Waals surface area contributed by atoms with Gasteiger partial charge in [0, 0.05) is 25.4 Å². The van der Waals surface area contributed by atoms with Crippen molar-refractivity contribution in [2.75, 3.05) is 18.8 Å². The van der Waals surface area contributed by atoms with Gasteiger partial charge in [-0.1, -0.05) is 47.4 Å². The number of benzene rings is 1. The predicted molar refractivity (Wildman–Crippen MR) is 82.1 cm³/mol. The molecule has 1 aliphatic rings. The second-order valence-corrected chi connectivity index (χ2v) is 7.02. The summed E-state index contributed by atoms with van der Waals surface area (Å²) in [5.74, 6) is 0.674. The highest BCUT2D eigenvalue weighted by Crippen LogP contribution is 2.22. The SMILES string of the molecule is OC(CSc1nncs1)CN1CCc2ccccc2C1. The van der Waals surface area contributed by atoms with E-state index in [9.17, 15) is 5.11 Å². The molecule has 0 fully saturated rings. The van der Waals surface area contributed by atoms with Crippen molar-refractivity contribution in [1.29, 1.82) is 0 Å². The molecule has 1 N–H and O–H groups in total. The average molecular weight is 307 g/mol. The molecule has 1 atom stereocenters. The van der Waals surface area contributed by atoms with Crippen molar-refractivity contribution in [3.8, 4) is 0 Å². The molecule has 4 nitrogen and oxygen atoms in total. The lowest BCUT2D eigenvalue weighted by Crippen LogP contribution is -2.37. The van der Waals surface area contributed by atoms with E-state index < -0.39 is 0 Å². The van der Waals surface area contributed by atoms with E-state index in [4.69, 9.17) is 0 Å². The lowest BCUT2D eigenvalue weighted by molar-refractivity contribution is 0.122. The van der Waals surface area contributed by atoms with Gasteiger partial charge in [0.2, 0.25) is 0 Å².